The molecule has 2 aromatic rings. The lowest BCUT2D eigenvalue weighted by Crippen LogP contribution is -2.33. The number of benzene rings is 2. The summed E-state index contributed by atoms with van der Waals surface area (Å²) in [5.74, 6) is 0. The van der Waals surface area contributed by atoms with Crippen molar-refractivity contribution in [1.82, 2.24) is 5.32 Å². The lowest BCUT2D eigenvalue weighted by atomic mass is 9.96. The second-order valence-electron chi connectivity index (χ2n) is 5.83. The summed E-state index contributed by atoms with van der Waals surface area (Å²) < 4.78 is 0. The molecule has 1 N–H and O–H groups in total. The molecule has 1 aliphatic rings. The lowest BCUT2D eigenvalue weighted by molar-refractivity contribution is 0.618. The van der Waals surface area contributed by atoms with E-state index < -0.39 is 0 Å². The summed E-state index contributed by atoms with van der Waals surface area (Å²) in [6.45, 7) is 6.42. The van der Waals surface area contributed by atoms with Gasteiger partial charge < -0.3 is 10.2 Å². The largest absolute Gasteiger partial charge is 0.338 e. The van der Waals surface area contributed by atoms with Crippen molar-refractivity contribution < 1.29 is 0 Å². The van der Waals surface area contributed by atoms with Crippen molar-refractivity contribution in [3.8, 4) is 0 Å². The zero-order valence-electron chi connectivity index (χ0n) is 13.0. The molecule has 2 aromatic carbocycles. The van der Waals surface area contributed by atoms with Crippen molar-refractivity contribution in [1.29, 1.82) is 0 Å². The first-order valence-electron chi connectivity index (χ1n) is 7.96. The van der Waals surface area contributed by atoms with E-state index in [0.717, 1.165) is 13.1 Å². The fourth-order valence-electron chi connectivity index (χ4n) is 3.13. The van der Waals surface area contributed by atoms with Crippen LogP contribution in [0.1, 0.15) is 31.4 Å². The first-order chi connectivity index (χ1) is 10.3. The van der Waals surface area contributed by atoms with E-state index in [0.29, 0.717) is 6.04 Å². The molecule has 1 heterocycles. The van der Waals surface area contributed by atoms with Crippen LogP contribution in [0.3, 0.4) is 0 Å². The number of rotatable bonds is 4. The van der Waals surface area contributed by atoms with E-state index in [4.69, 9.17) is 0 Å². The van der Waals surface area contributed by atoms with Gasteiger partial charge in [-0.1, -0.05) is 37.3 Å². The van der Waals surface area contributed by atoms with Gasteiger partial charge in [0.25, 0.3) is 0 Å². The number of hydrogen-bond donors (Lipinski definition) is 1. The van der Waals surface area contributed by atoms with E-state index in [1.54, 1.807) is 0 Å². The standard InChI is InChI=1S/C19H24N2/c1-3-20-14-16-9-12-18(13-10-16)21-15(2)8-11-17-6-4-5-7-19(17)21/h4-7,9-10,12-13,15,20H,3,8,11,14H2,1-2H3. The minimum Gasteiger partial charge on any atom is -0.338 e. The number of para-hydroxylation sites is 1. The van der Waals surface area contributed by atoms with E-state index in [9.17, 15) is 0 Å². The molecule has 1 unspecified atom stereocenters. The van der Waals surface area contributed by atoms with Gasteiger partial charge in [0, 0.05) is 24.0 Å². The maximum atomic E-state index is 3.37. The van der Waals surface area contributed by atoms with Crippen LogP contribution in [0, 0.1) is 0 Å². The Morgan fingerprint density at radius 3 is 2.62 bits per heavy atom. The molecule has 1 atom stereocenters. The highest BCUT2D eigenvalue weighted by molar-refractivity contribution is 5.68. The summed E-state index contributed by atoms with van der Waals surface area (Å²) >= 11 is 0. The molecule has 0 radical (unpaired) electrons. The van der Waals surface area contributed by atoms with Crippen molar-refractivity contribution in [2.45, 2.75) is 39.3 Å². The minimum atomic E-state index is 0.555. The number of fused-ring (bicyclic) bond motifs is 1. The van der Waals surface area contributed by atoms with E-state index >= 15 is 0 Å². The highest BCUT2D eigenvalue weighted by atomic mass is 15.2. The maximum Gasteiger partial charge on any atom is 0.0445 e. The van der Waals surface area contributed by atoms with Gasteiger partial charge in [-0.25, -0.2) is 0 Å². The van der Waals surface area contributed by atoms with Crippen LogP contribution in [0.25, 0.3) is 0 Å². The van der Waals surface area contributed by atoms with Crippen molar-refractivity contribution in [2.24, 2.45) is 0 Å². The van der Waals surface area contributed by atoms with Gasteiger partial charge in [-0.15, -0.1) is 0 Å². The normalized spacial score (nSPS) is 17.6. The number of anilines is 2. The van der Waals surface area contributed by atoms with Crippen LogP contribution in [-0.2, 0) is 13.0 Å². The molecule has 0 amide bonds. The topological polar surface area (TPSA) is 15.3 Å². The average Bonchev–Trinajstić information content (AvgIpc) is 2.53. The van der Waals surface area contributed by atoms with Crippen molar-refractivity contribution in [3.05, 3.63) is 59.7 Å². The molecule has 1 aliphatic heterocycles. The average molecular weight is 280 g/mol. The Kier molecular flexibility index (Phi) is 4.26. The summed E-state index contributed by atoms with van der Waals surface area (Å²) in [7, 11) is 0. The molecule has 3 rings (SSSR count). The summed E-state index contributed by atoms with van der Waals surface area (Å²) in [5, 5.41) is 3.37. The minimum absolute atomic E-state index is 0.555. The molecule has 0 spiro atoms. The zero-order chi connectivity index (χ0) is 14.7. The quantitative estimate of drug-likeness (QED) is 0.899. The molecular formula is C19H24N2. The van der Waals surface area contributed by atoms with Crippen molar-refractivity contribution >= 4 is 11.4 Å². The molecule has 2 heteroatoms. The van der Waals surface area contributed by atoms with Gasteiger partial charge in [-0.2, -0.15) is 0 Å². The number of hydrogen-bond acceptors (Lipinski definition) is 2. The van der Waals surface area contributed by atoms with Gasteiger partial charge in [0.15, 0.2) is 0 Å². The second kappa shape index (κ2) is 6.31. The number of nitrogens with zero attached hydrogens (tertiary/aromatic N) is 1. The lowest BCUT2D eigenvalue weighted by Gasteiger charge is -2.37. The Labute approximate surface area is 127 Å². The van der Waals surface area contributed by atoms with Gasteiger partial charge >= 0.3 is 0 Å². The Hall–Kier alpha value is -1.80. The third-order valence-electron chi connectivity index (χ3n) is 4.32. The predicted octanol–water partition coefficient (Wildman–Crippen LogP) is 4.27. The van der Waals surface area contributed by atoms with E-state index in [1.807, 2.05) is 0 Å². The number of nitrogens with one attached hydrogen (secondary N) is 1. The Morgan fingerprint density at radius 2 is 1.86 bits per heavy atom. The monoisotopic (exact) mass is 280 g/mol. The summed E-state index contributed by atoms with van der Waals surface area (Å²) in [6.07, 6.45) is 2.41. The van der Waals surface area contributed by atoms with Gasteiger partial charge in [-0.3, -0.25) is 0 Å². The maximum absolute atomic E-state index is 3.37. The fraction of sp³-hybridized carbons (Fsp3) is 0.368. The number of aryl methyl sites for hydroxylation is 1. The molecule has 2 nitrogen and oxygen atoms in total. The van der Waals surface area contributed by atoms with Crippen LogP contribution >= 0.6 is 0 Å². The third kappa shape index (κ3) is 2.96. The van der Waals surface area contributed by atoms with Crippen molar-refractivity contribution in [2.75, 3.05) is 11.4 Å². The molecule has 110 valence electrons. The summed E-state index contributed by atoms with van der Waals surface area (Å²) in [5.41, 5.74) is 5.48. The van der Waals surface area contributed by atoms with Crippen LogP contribution in [0.5, 0.6) is 0 Å². The van der Waals surface area contributed by atoms with Crippen LogP contribution in [0.2, 0.25) is 0 Å². The molecule has 0 bridgehead atoms. The van der Waals surface area contributed by atoms with Gasteiger partial charge in [0.1, 0.15) is 0 Å². The van der Waals surface area contributed by atoms with E-state index in [1.165, 1.54) is 35.3 Å². The van der Waals surface area contributed by atoms with Gasteiger partial charge in [0.05, 0.1) is 0 Å². The second-order valence-corrected chi connectivity index (χ2v) is 5.83. The summed E-state index contributed by atoms with van der Waals surface area (Å²) in [6, 6.07) is 18.3. The first kappa shape index (κ1) is 14.2. The molecule has 0 aromatic heterocycles. The van der Waals surface area contributed by atoms with Gasteiger partial charge in [0.2, 0.25) is 0 Å². The van der Waals surface area contributed by atoms with Crippen molar-refractivity contribution in [3.63, 3.8) is 0 Å². The Balaban J connectivity index is 1.89. The molecule has 0 saturated heterocycles. The highest BCUT2D eigenvalue weighted by Crippen LogP contribution is 2.36. The van der Waals surface area contributed by atoms with E-state index in [2.05, 4.69) is 72.6 Å². The Morgan fingerprint density at radius 1 is 1.10 bits per heavy atom. The summed E-state index contributed by atoms with van der Waals surface area (Å²) in [4.78, 5) is 2.48. The van der Waals surface area contributed by atoms with E-state index in [-0.39, 0.29) is 0 Å². The zero-order valence-corrected chi connectivity index (χ0v) is 13.0. The van der Waals surface area contributed by atoms with Crippen LogP contribution in [-0.4, -0.2) is 12.6 Å². The smallest absolute Gasteiger partial charge is 0.0445 e. The van der Waals surface area contributed by atoms with Crippen LogP contribution < -0.4 is 10.2 Å². The van der Waals surface area contributed by atoms with Crippen LogP contribution in [0.4, 0.5) is 11.4 Å². The molecular weight excluding hydrogens is 256 g/mol. The van der Waals surface area contributed by atoms with Crippen LogP contribution in [0.15, 0.2) is 48.5 Å². The predicted molar refractivity (Wildman–Crippen MR) is 90.2 cm³/mol. The first-order valence-corrected chi connectivity index (χ1v) is 7.96. The molecule has 0 aliphatic carbocycles. The SMILES string of the molecule is CCNCc1ccc(N2c3ccccc3CCC2C)cc1. The molecule has 0 fully saturated rings. The van der Waals surface area contributed by atoms with Gasteiger partial charge in [-0.05, 0) is 55.6 Å². The molecule has 0 saturated carbocycles. The highest BCUT2D eigenvalue weighted by Gasteiger charge is 2.23. The Bertz CT molecular complexity index is 589. The fourth-order valence-corrected chi connectivity index (χ4v) is 3.13. The molecule has 21 heavy (non-hydrogen) atoms. The third-order valence-corrected chi connectivity index (χ3v) is 4.32.